The molecule has 0 atom stereocenters. The number of carbonyl (C=O) groups is 1. The zero-order chi connectivity index (χ0) is 13.2. The number of anilines is 1. The molecule has 0 unspecified atom stereocenters. The predicted octanol–water partition coefficient (Wildman–Crippen LogP) is 3.91. The summed E-state index contributed by atoms with van der Waals surface area (Å²) in [4.78, 5) is 15.5. The lowest BCUT2D eigenvalue weighted by atomic mass is 10.3. The van der Waals surface area contributed by atoms with Gasteiger partial charge in [-0.2, -0.15) is 0 Å². The smallest absolute Gasteiger partial charge is 0.412 e. The summed E-state index contributed by atoms with van der Waals surface area (Å²) < 4.78 is 5.06. The van der Waals surface area contributed by atoms with E-state index in [9.17, 15) is 4.79 Å². The molecule has 0 bridgehead atoms. The van der Waals surface area contributed by atoms with Crippen molar-refractivity contribution in [1.82, 2.24) is 0 Å². The van der Waals surface area contributed by atoms with Crippen LogP contribution in [-0.4, -0.2) is 25.5 Å². The fourth-order valence-electron chi connectivity index (χ4n) is 1.26. The van der Waals surface area contributed by atoms with Crippen molar-refractivity contribution in [3.63, 3.8) is 0 Å². The molecule has 0 heterocycles. The standard InChI is InChI=1S/C14H18N2O2.CH4/c1-3-4-8-13(15-2)11-18-14(17)16-12-9-6-5-7-10-12;/h4-10H,3,11H2,1-2H3,(H,16,17);1H4/b8-4-,15-13?;. The topological polar surface area (TPSA) is 50.7 Å². The molecule has 19 heavy (non-hydrogen) atoms. The molecule has 0 aliphatic rings. The van der Waals surface area contributed by atoms with Gasteiger partial charge in [-0.05, 0) is 24.6 Å². The van der Waals surface area contributed by atoms with Gasteiger partial charge in [-0.15, -0.1) is 0 Å². The lowest BCUT2D eigenvalue weighted by Crippen LogP contribution is -2.17. The monoisotopic (exact) mass is 262 g/mol. The quantitative estimate of drug-likeness (QED) is 0.818. The van der Waals surface area contributed by atoms with E-state index in [0.29, 0.717) is 5.69 Å². The largest absolute Gasteiger partial charge is 0.443 e. The molecule has 1 rings (SSSR count). The zero-order valence-electron chi connectivity index (χ0n) is 10.7. The van der Waals surface area contributed by atoms with Gasteiger partial charge in [0.2, 0.25) is 0 Å². The third kappa shape index (κ3) is 7.03. The lowest BCUT2D eigenvalue weighted by Gasteiger charge is -2.06. The summed E-state index contributed by atoms with van der Waals surface area (Å²) in [5, 5.41) is 2.64. The summed E-state index contributed by atoms with van der Waals surface area (Å²) in [5.41, 5.74) is 1.45. The third-order valence-corrected chi connectivity index (χ3v) is 2.20. The number of rotatable bonds is 5. The Bertz CT molecular complexity index is 425. The van der Waals surface area contributed by atoms with E-state index in [1.807, 2.05) is 37.3 Å². The van der Waals surface area contributed by atoms with E-state index in [1.165, 1.54) is 0 Å². The average Bonchev–Trinajstić information content (AvgIpc) is 2.40. The van der Waals surface area contributed by atoms with E-state index in [4.69, 9.17) is 4.74 Å². The molecule has 1 N–H and O–H groups in total. The number of amides is 1. The van der Waals surface area contributed by atoms with Gasteiger partial charge in [0.05, 0.1) is 5.71 Å². The molecule has 1 aromatic carbocycles. The van der Waals surface area contributed by atoms with Crippen LogP contribution in [0.2, 0.25) is 0 Å². The van der Waals surface area contributed by atoms with Crippen LogP contribution in [0.15, 0.2) is 47.5 Å². The maximum absolute atomic E-state index is 11.5. The maximum atomic E-state index is 11.5. The first kappa shape index (κ1) is 16.9. The van der Waals surface area contributed by atoms with Crippen molar-refractivity contribution in [2.45, 2.75) is 20.8 Å². The van der Waals surface area contributed by atoms with Crippen LogP contribution < -0.4 is 5.32 Å². The van der Waals surface area contributed by atoms with Gasteiger partial charge < -0.3 is 4.74 Å². The van der Waals surface area contributed by atoms with Crippen LogP contribution in [0.5, 0.6) is 0 Å². The van der Waals surface area contributed by atoms with Crippen LogP contribution in [0.3, 0.4) is 0 Å². The predicted molar refractivity (Wildman–Crippen MR) is 80.9 cm³/mol. The molecule has 1 amide bonds. The van der Waals surface area contributed by atoms with Gasteiger partial charge in [0.1, 0.15) is 6.61 Å². The van der Waals surface area contributed by atoms with E-state index in [0.717, 1.165) is 12.1 Å². The molecule has 4 heteroatoms. The van der Waals surface area contributed by atoms with E-state index in [1.54, 1.807) is 19.2 Å². The number of nitrogens with one attached hydrogen (secondary N) is 1. The number of benzene rings is 1. The maximum Gasteiger partial charge on any atom is 0.412 e. The zero-order valence-corrected chi connectivity index (χ0v) is 10.7. The van der Waals surface area contributed by atoms with Crippen LogP contribution in [0.4, 0.5) is 10.5 Å². The highest BCUT2D eigenvalue weighted by atomic mass is 16.5. The summed E-state index contributed by atoms with van der Waals surface area (Å²) in [6.45, 7) is 2.21. The van der Waals surface area contributed by atoms with Crippen LogP contribution >= 0.6 is 0 Å². The molecule has 0 fully saturated rings. The Balaban J connectivity index is 0.00000324. The van der Waals surface area contributed by atoms with Crippen LogP contribution in [0.1, 0.15) is 20.8 Å². The number of hydrogen-bond acceptors (Lipinski definition) is 3. The Kier molecular flexibility index (Phi) is 8.79. The fourth-order valence-corrected chi connectivity index (χ4v) is 1.26. The van der Waals surface area contributed by atoms with Crippen molar-refractivity contribution >= 4 is 17.5 Å². The Morgan fingerprint density at radius 3 is 2.63 bits per heavy atom. The second-order valence-corrected chi connectivity index (χ2v) is 3.59. The van der Waals surface area contributed by atoms with E-state index in [2.05, 4.69) is 10.3 Å². The number of ether oxygens (including phenoxy) is 1. The normalized spacial score (nSPS) is 10.9. The van der Waals surface area contributed by atoms with Crippen molar-refractivity contribution in [3.05, 3.63) is 42.5 Å². The molecule has 4 nitrogen and oxygen atoms in total. The number of nitrogens with zero attached hydrogens (tertiary/aromatic N) is 1. The summed E-state index contributed by atoms with van der Waals surface area (Å²) in [6.07, 6.45) is 4.28. The highest BCUT2D eigenvalue weighted by Gasteiger charge is 2.03. The van der Waals surface area contributed by atoms with Gasteiger partial charge >= 0.3 is 6.09 Å². The molecule has 0 radical (unpaired) electrons. The molecule has 0 aliphatic heterocycles. The van der Waals surface area contributed by atoms with Crippen molar-refractivity contribution in [1.29, 1.82) is 0 Å². The van der Waals surface area contributed by atoms with Crippen molar-refractivity contribution in [2.75, 3.05) is 19.0 Å². The van der Waals surface area contributed by atoms with Gasteiger partial charge in [-0.1, -0.05) is 38.6 Å². The van der Waals surface area contributed by atoms with Crippen molar-refractivity contribution < 1.29 is 9.53 Å². The molecule has 0 aromatic heterocycles. The van der Waals surface area contributed by atoms with E-state index >= 15 is 0 Å². The average molecular weight is 262 g/mol. The SMILES string of the molecule is C.CC/C=C\C(COC(=O)Nc1ccccc1)=NC. The van der Waals surface area contributed by atoms with E-state index < -0.39 is 6.09 Å². The summed E-state index contributed by atoms with van der Waals surface area (Å²) in [6, 6.07) is 9.17. The van der Waals surface area contributed by atoms with Gasteiger partial charge in [-0.25, -0.2) is 4.79 Å². The first-order valence-corrected chi connectivity index (χ1v) is 5.87. The summed E-state index contributed by atoms with van der Waals surface area (Å²) in [5.74, 6) is 0. The second-order valence-electron chi connectivity index (χ2n) is 3.59. The minimum absolute atomic E-state index is 0. The molecule has 0 saturated heterocycles. The van der Waals surface area contributed by atoms with E-state index in [-0.39, 0.29) is 14.0 Å². The Labute approximate surface area is 115 Å². The van der Waals surface area contributed by atoms with Gasteiger partial charge in [0.15, 0.2) is 0 Å². The van der Waals surface area contributed by atoms with Gasteiger partial charge in [-0.3, -0.25) is 10.3 Å². The minimum Gasteiger partial charge on any atom is -0.443 e. The van der Waals surface area contributed by atoms with Crippen LogP contribution in [0, 0.1) is 0 Å². The number of para-hydroxylation sites is 1. The first-order valence-electron chi connectivity index (χ1n) is 5.87. The number of hydrogen-bond donors (Lipinski definition) is 1. The fraction of sp³-hybridized carbons (Fsp3) is 0.333. The molecule has 0 saturated carbocycles. The Morgan fingerprint density at radius 1 is 1.37 bits per heavy atom. The molecule has 104 valence electrons. The first-order chi connectivity index (χ1) is 8.76. The van der Waals surface area contributed by atoms with Crippen molar-refractivity contribution in [2.24, 2.45) is 4.99 Å². The van der Waals surface area contributed by atoms with Crippen LogP contribution in [0.25, 0.3) is 0 Å². The molecular formula is C15H22N2O2. The summed E-state index contributed by atoms with van der Waals surface area (Å²) in [7, 11) is 1.67. The molecule has 0 spiro atoms. The molecule has 1 aromatic rings. The molecule has 0 aliphatic carbocycles. The van der Waals surface area contributed by atoms with Crippen LogP contribution in [-0.2, 0) is 4.74 Å². The second kappa shape index (κ2) is 9.88. The van der Waals surface area contributed by atoms with Gasteiger partial charge in [0, 0.05) is 12.7 Å². The Hall–Kier alpha value is -2.10. The minimum atomic E-state index is -0.479. The highest BCUT2D eigenvalue weighted by Crippen LogP contribution is 2.05. The summed E-state index contributed by atoms with van der Waals surface area (Å²) >= 11 is 0. The Morgan fingerprint density at radius 2 is 2.05 bits per heavy atom. The third-order valence-electron chi connectivity index (χ3n) is 2.20. The van der Waals surface area contributed by atoms with Crippen molar-refractivity contribution in [3.8, 4) is 0 Å². The number of aliphatic imine (C=N–C) groups is 1. The number of allylic oxidation sites excluding steroid dienone is 1. The highest BCUT2D eigenvalue weighted by molar-refractivity contribution is 5.97. The number of carbonyl (C=O) groups excluding carboxylic acids is 1. The molecular weight excluding hydrogens is 240 g/mol. The lowest BCUT2D eigenvalue weighted by molar-refractivity contribution is 0.178. The van der Waals surface area contributed by atoms with Gasteiger partial charge in [0.25, 0.3) is 0 Å².